The minimum absolute atomic E-state index is 0. The number of rotatable bonds is 3. The number of nitrogens with zero attached hydrogens (tertiary/aromatic N) is 1. The molecule has 3 rings (SSSR count). The van der Waals surface area contributed by atoms with Gasteiger partial charge in [0.2, 0.25) is 0 Å². The van der Waals surface area contributed by atoms with Crippen molar-refractivity contribution < 1.29 is 0 Å². The monoisotopic (exact) mass is 308 g/mol. The Morgan fingerprint density at radius 3 is 2.52 bits per heavy atom. The Balaban J connectivity index is 0.00000161. The van der Waals surface area contributed by atoms with E-state index in [1.54, 1.807) is 0 Å². The fourth-order valence-corrected chi connectivity index (χ4v) is 4.16. The van der Waals surface area contributed by atoms with E-state index in [0.717, 1.165) is 0 Å². The molecular formula is C18H29ClN2. The fraction of sp³-hybridized carbons (Fsp3) is 0.667. The van der Waals surface area contributed by atoms with E-state index in [2.05, 4.69) is 61.3 Å². The van der Waals surface area contributed by atoms with Crippen LogP contribution in [0.25, 0.3) is 0 Å². The van der Waals surface area contributed by atoms with E-state index in [0.29, 0.717) is 16.7 Å². The Morgan fingerprint density at radius 2 is 1.90 bits per heavy atom. The molecule has 21 heavy (non-hydrogen) atoms. The maximum Gasteiger partial charge on any atom is 0.00564 e. The largest absolute Gasteiger partial charge is 0.316 e. The van der Waals surface area contributed by atoms with Gasteiger partial charge in [0, 0.05) is 32.1 Å². The van der Waals surface area contributed by atoms with Crippen molar-refractivity contribution >= 4 is 12.4 Å². The Bertz CT molecular complexity index is 452. The van der Waals surface area contributed by atoms with Crippen LogP contribution in [0.5, 0.6) is 0 Å². The zero-order chi connectivity index (χ0) is 14.2. The van der Waals surface area contributed by atoms with Crippen LogP contribution in [0.3, 0.4) is 0 Å². The molecule has 1 N–H and O–H groups in total. The molecular weight excluding hydrogens is 280 g/mol. The molecule has 2 fully saturated rings. The first-order valence-electron chi connectivity index (χ1n) is 7.97. The van der Waals surface area contributed by atoms with Crippen molar-refractivity contribution in [2.75, 3.05) is 32.7 Å². The molecule has 2 unspecified atom stereocenters. The van der Waals surface area contributed by atoms with Crippen LogP contribution in [0, 0.1) is 10.8 Å². The van der Waals surface area contributed by atoms with Gasteiger partial charge in [0.15, 0.2) is 0 Å². The number of halogens is 1. The van der Waals surface area contributed by atoms with Crippen LogP contribution < -0.4 is 5.32 Å². The van der Waals surface area contributed by atoms with Crippen LogP contribution in [-0.4, -0.2) is 37.6 Å². The Kier molecular flexibility index (Phi) is 5.02. The molecule has 118 valence electrons. The third kappa shape index (κ3) is 3.61. The minimum Gasteiger partial charge on any atom is -0.316 e. The van der Waals surface area contributed by atoms with Crippen LogP contribution in [0.15, 0.2) is 30.3 Å². The average molecular weight is 309 g/mol. The molecule has 3 heteroatoms. The first kappa shape index (κ1) is 16.8. The van der Waals surface area contributed by atoms with Crippen molar-refractivity contribution in [3.63, 3.8) is 0 Å². The maximum absolute atomic E-state index is 3.52. The van der Waals surface area contributed by atoms with Crippen LogP contribution in [-0.2, 0) is 0 Å². The van der Waals surface area contributed by atoms with Gasteiger partial charge >= 0.3 is 0 Å². The van der Waals surface area contributed by atoms with Crippen molar-refractivity contribution in [2.24, 2.45) is 10.8 Å². The van der Waals surface area contributed by atoms with E-state index in [9.17, 15) is 0 Å². The van der Waals surface area contributed by atoms with E-state index in [1.807, 2.05) is 0 Å². The molecule has 1 aromatic rings. The van der Waals surface area contributed by atoms with Crippen LogP contribution in [0.2, 0.25) is 0 Å². The summed E-state index contributed by atoms with van der Waals surface area (Å²) in [6.07, 6.45) is 1.32. The third-order valence-corrected chi connectivity index (χ3v) is 5.28. The Morgan fingerprint density at radius 1 is 1.19 bits per heavy atom. The van der Waals surface area contributed by atoms with E-state index in [4.69, 9.17) is 0 Å². The van der Waals surface area contributed by atoms with Gasteiger partial charge < -0.3 is 10.2 Å². The molecule has 0 aromatic heterocycles. The molecule has 0 saturated carbocycles. The number of hydrogen-bond acceptors (Lipinski definition) is 2. The second-order valence-electron chi connectivity index (χ2n) is 7.86. The summed E-state index contributed by atoms with van der Waals surface area (Å²) in [6.45, 7) is 13.4. The molecule has 0 bridgehead atoms. The van der Waals surface area contributed by atoms with Crippen molar-refractivity contribution in [3.8, 4) is 0 Å². The van der Waals surface area contributed by atoms with Gasteiger partial charge in [-0.05, 0) is 29.4 Å². The smallest absolute Gasteiger partial charge is 0.00564 e. The SMILES string of the molecule is CC1(CN2CC(c3ccccc3)C(C)(C)C2)CCNC1.Cl. The van der Waals surface area contributed by atoms with Crippen molar-refractivity contribution in [1.29, 1.82) is 0 Å². The summed E-state index contributed by atoms with van der Waals surface area (Å²) in [7, 11) is 0. The van der Waals surface area contributed by atoms with Gasteiger partial charge in [-0.3, -0.25) is 0 Å². The lowest BCUT2D eigenvalue weighted by molar-refractivity contribution is 0.193. The lowest BCUT2D eigenvalue weighted by Gasteiger charge is -2.29. The van der Waals surface area contributed by atoms with E-state index in [-0.39, 0.29) is 12.4 Å². The number of likely N-dealkylation sites (tertiary alicyclic amines) is 1. The van der Waals surface area contributed by atoms with Crippen molar-refractivity contribution in [2.45, 2.75) is 33.1 Å². The van der Waals surface area contributed by atoms with Gasteiger partial charge in [0.1, 0.15) is 0 Å². The number of hydrogen-bond donors (Lipinski definition) is 1. The first-order chi connectivity index (χ1) is 9.49. The lowest BCUT2D eigenvalue weighted by Crippen LogP contribution is -2.36. The molecule has 2 saturated heterocycles. The average Bonchev–Trinajstić information content (AvgIpc) is 2.94. The second kappa shape index (κ2) is 6.28. The van der Waals surface area contributed by atoms with Crippen LogP contribution in [0.4, 0.5) is 0 Å². The van der Waals surface area contributed by atoms with E-state index in [1.165, 1.54) is 44.7 Å². The predicted octanol–water partition coefficient (Wildman–Crippen LogP) is 3.53. The molecule has 0 radical (unpaired) electrons. The molecule has 2 nitrogen and oxygen atoms in total. The Hall–Kier alpha value is -0.570. The summed E-state index contributed by atoms with van der Waals surface area (Å²) >= 11 is 0. The number of nitrogens with one attached hydrogen (secondary N) is 1. The zero-order valence-corrected chi connectivity index (χ0v) is 14.4. The maximum atomic E-state index is 3.52. The zero-order valence-electron chi connectivity index (χ0n) is 13.6. The molecule has 0 spiro atoms. The fourth-order valence-electron chi connectivity index (χ4n) is 4.16. The molecule has 2 aliphatic heterocycles. The van der Waals surface area contributed by atoms with Crippen LogP contribution >= 0.6 is 12.4 Å². The summed E-state index contributed by atoms with van der Waals surface area (Å²) in [5, 5.41) is 3.52. The third-order valence-electron chi connectivity index (χ3n) is 5.28. The highest BCUT2D eigenvalue weighted by Crippen LogP contribution is 2.43. The molecule has 1 aromatic carbocycles. The normalized spacial score (nSPS) is 32.0. The van der Waals surface area contributed by atoms with Gasteiger partial charge in [-0.15, -0.1) is 12.4 Å². The summed E-state index contributed by atoms with van der Waals surface area (Å²) in [5.74, 6) is 0.668. The lowest BCUT2D eigenvalue weighted by atomic mass is 9.78. The topological polar surface area (TPSA) is 15.3 Å². The van der Waals surface area contributed by atoms with Gasteiger partial charge in [-0.2, -0.15) is 0 Å². The van der Waals surface area contributed by atoms with Crippen molar-refractivity contribution in [3.05, 3.63) is 35.9 Å². The summed E-state index contributed by atoms with van der Waals surface area (Å²) < 4.78 is 0. The highest BCUT2D eigenvalue weighted by molar-refractivity contribution is 5.85. The standard InChI is InChI=1S/C18H28N2.ClH/c1-17(2)13-20(14-18(3)9-10-19-12-18)11-16(17)15-7-5-4-6-8-15;/h4-8,16,19H,9-14H2,1-3H3;1H. The quantitative estimate of drug-likeness (QED) is 0.919. The van der Waals surface area contributed by atoms with Gasteiger partial charge in [-0.1, -0.05) is 51.1 Å². The van der Waals surface area contributed by atoms with Crippen LogP contribution in [0.1, 0.15) is 38.7 Å². The number of benzene rings is 1. The van der Waals surface area contributed by atoms with Gasteiger partial charge in [-0.25, -0.2) is 0 Å². The second-order valence-corrected chi connectivity index (χ2v) is 7.86. The van der Waals surface area contributed by atoms with Gasteiger partial charge in [0.25, 0.3) is 0 Å². The molecule has 0 amide bonds. The summed E-state index contributed by atoms with van der Waals surface area (Å²) in [5.41, 5.74) is 2.36. The highest BCUT2D eigenvalue weighted by atomic mass is 35.5. The Labute approximate surface area is 135 Å². The molecule has 2 aliphatic rings. The molecule has 0 aliphatic carbocycles. The summed E-state index contributed by atoms with van der Waals surface area (Å²) in [6, 6.07) is 11.1. The summed E-state index contributed by atoms with van der Waals surface area (Å²) in [4.78, 5) is 2.70. The minimum atomic E-state index is 0. The van der Waals surface area contributed by atoms with Crippen molar-refractivity contribution in [1.82, 2.24) is 10.2 Å². The molecule has 2 atom stereocenters. The molecule has 2 heterocycles. The van der Waals surface area contributed by atoms with E-state index >= 15 is 0 Å². The predicted molar refractivity (Wildman–Crippen MR) is 92.2 cm³/mol. The van der Waals surface area contributed by atoms with E-state index < -0.39 is 0 Å². The highest BCUT2D eigenvalue weighted by Gasteiger charge is 2.42. The van der Waals surface area contributed by atoms with Gasteiger partial charge in [0.05, 0.1) is 0 Å². The first-order valence-corrected chi connectivity index (χ1v) is 7.97.